The highest BCUT2D eigenvalue weighted by Crippen LogP contribution is 2.30. The van der Waals surface area contributed by atoms with Crippen LogP contribution in [0.4, 0.5) is 0 Å². The molecule has 0 atom stereocenters. The molecule has 0 saturated heterocycles. The minimum Gasteiger partial charge on any atom is -0.457 e. The highest BCUT2D eigenvalue weighted by atomic mass is 32.1. The Labute approximate surface area is 168 Å². The molecule has 28 heavy (non-hydrogen) atoms. The Balaban J connectivity index is 1.30. The summed E-state index contributed by atoms with van der Waals surface area (Å²) in [6, 6.07) is 9.74. The lowest BCUT2D eigenvalue weighted by molar-refractivity contribution is -0.142. The van der Waals surface area contributed by atoms with Crippen molar-refractivity contribution in [2.45, 2.75) is 19.8 Å². The zero-order valence-corrected chi connectivity index (χ0v) is 16.6. The van der Waals surface area contributed by atoms with Crippen LogP contribution in [-0.2, 0) is 16.0 Å². The Morgan fingerprint density at radius 3 is 2.86 bits per heavy atom. The molecule has 0 saturated carbocycles. The van der Waals surface area contributed by atoms with Gasteiger partial charge < -0.3 is 9.26 Å². The van der Waals surface area contributed by atoms with Crippen molar-refractivity contribution >= 4 is 44.5 Å². The normalized spacial score (nSPS) is 11.0. The van der Waals surface area contributed by atoms with Crippen LogP contribution in [0.1, 0.15) is 27.5 Å². The van der Waals surface area contributed by atoms with Crippen LogP contribution in [0, 0.1) is 6.92 Å². The van der Waals surface area contributed by atoms with E-state index in [0.717, 1.165) is 21.2 Å². The average Bonchev–Trinajstić information content (AvgIpc) is 3.45. The standard InChI is InChI=1S/C20H16N2O4S2/c1-12-14-4-2-3-5-16(14)28-19(12)15(23)10-25-18(24)7-6-17-21-20(22-26-17)13-8-9-27-11-13/h2-5,8-9,11H,6-7,10H2,1H3. The number of hydrogen-bond donors (Lipinski definition) is 0. The van der Waals surface area contributed by atoms with E-state index in [9.17, 15) is 9.59 Å². The number of aryl methyl sites for hydroxylation is 2. The molecule has 1 aromatic carbocycles. The van der Waals surface area contributed by atoms with Gasteiger partial charge in [0.25, 0.3) is 0 Å². The van der Waals surface area contributed by atoms with Crippen molar-refractivity contribution < 1.29 is 18.8 Å². The molecule has 0 amide bonds. The van der Waals surface area contributed by atoms with Gasteiger partial charge in [0.15, 0.2) is 6.61 Å². The molecule has 0 radical (unpaired) electrons. The minimum absolute atomic E-state index is 0.0734. The molecule has 0 aliphatic carbocycles. The fourth-order valence-corrected chi connectivity index (χ4v) is 4.57. The number of ether oxygens (including phenoxy) is 1. The summed E-state index contributed by atoms with van der Waals surface area (Å²) in [5.41, 5.74) is 1.81. The molecule has 8 heteroatoms. The summed E-state index contributed by atoms with van der Waals surface area (Å²) >= 11 is 2.97. The number of carbonyl (C=O) groups is 2. The Hall–Kier alpha value is -2.84. The average molecular weight is 412 g/mol. The van der Waals surface area contributed by atoms with E-state index in [-0.39, 0.29) is 25.2 Å². The first-order chi connectivity index (χ1) is 13.6. The van der Waals surface area contributed by atoms with Gasteiger partial charge in [-0.1, -0.05) is 23.4 Å². The van der Waals surface area contributed by atoms with Gasteiger partial charge in [-0.3, -0.25) is 9.59 Å². The third kappa shape index (κ3) is 3.88. The quantitative estimate of drug-likeness (QED) is 0.324. The van der Waals surface area contributed by atoms with Crippen molar-refractivity contribution in [1.82, 2.24) is 10.1 Å². The number of ketones is 1. The number of esters is 1. The highest BCUT2D eigenvalue weighted by Gasteiger charge is 2.17. The van der Waals surface area contributed by atoms with Crippen molar-refractivity contribution in [3.05, 3.63) is 57.4 Å². The topological polar surface area (TPSA) is 82.3 Å². The summed E-state index contributed by atoms with van der Waals surface area (Å²) in [5, 5.41) is 8.80. The zero-order valence-electron chi connectivity index (χ0n) is 15.0. The molecule has 4 aromatic rings. The van der Waals surface area contributed by atoms with Crippen LogP contribution in [0.3, 0.4) is 0 Å². The van der Waals surface area contributed by atoms with Crippen LogP contribution in [0.15, 0.2) is 45.6 Å². The van der Waals surface area contributed by atoms with Gasteiger partial charge in [-0.05, 0) is 35.4 Å². The van der Waals surface area contributed by atoms with Gasteiger partial charge in [-0.15, -0.1) is 11.3 Å². The summed E-state index contributed by atoms with van der Waals surface area (Å²) in [7, 11) is 0. The molecule has 0 unspecified atom stereocenters. The van der Waals surface area contributed by atoms with Crippen LogP contribution in [0.2, 0.25) is 0 Å². The van der Waals surface area contributed by atoms with Gasteiger partial charge in [-0.25, -0.2) is 0 Å². The number of hydrogen-bond acceptors (Lipinski definition) is 8. The summed E-state index contributed by atoms with van der Waals surface area (Å²) < 4.78 is 11.3. The number of benzene rings is 1. The number of Topliss-reactive ketones (excluding diaryl/α,β-unsaturated/α-hetero) is 1. The SMILES string of the molecule is Cc1c(C(=O)COC(=O)CCc2nc(-c3ccsc3)no2)sc2ccccc12. The molecule has 0 aliphatic rings. The predicted molar refractivity (Wildman–Crippen MR) is 108 cm³/mol. The number of thiophene rings is 2. The van der Waals surface area contributed by atoms with Crippen LogP contribution in [-0.4, -0.2) is 28.5 Å². The maximum atomic E-state index is 12.4. The number of nitrogens with zero attached hydrogens (tertiary/aromatic N) is 2. The molecule has 0 fully saturated rings. The van der Waals surface area contributed by atoms with E-state index in [1.54, 1.807) is 11.3 Å². The second kappa shape index (κ2) is 8.04. The van der Waals surface area contributed by atoms with Crippen LogP contribution < -0.4 is 0 Å². The van der Waals surface area contributed by atoms with E-state index in [1.165, 1.54) is 11.3 Å². The van der Waals surface area contributed by atoms with Gasteiger partial charge >= 0.3 is 5.97 Å². The van der Waals surface area contributed by atoms with Crippen molar-refractivity contribution in [2.75, 3.05) is 6.61 Å². The van der Waals surface area contributed by atoms with Gasteiger partial charge in [0, 0.05) is 22.1 Å². The molecule has 142 valence electrons. The van der Waals surface area contributed by atoms with E-state index in [0.29, 0.717) is 16.6 Å². The van der Waals surface area contributed by atoms with Crippen molar-refractivity contribution in [1.29, 1.82) is 0 Å². The van der Waals surface area contributed by atoms with Crippen LogP contribution in [0.25, 0.3) is 21.5 Å². The minimum atomic E-state index is -0.470. The fraction of sp³-hybridized carbons (Fsp3) is 0.200. The summed E-state index contributed by atoms with van der Waals surface area (Å²) in [4.78, 5) is 29.3. The van der Waals surface area contributed by atoms with E-state index in [4.69, 9.17) is 9.26 Å². The third-order valence-electron chi connectivity index (χ3n) is 4.25. The lowest BCUT2D eigenvalue weighted by Gasteiger charge is -2.03. The Bertz CT molecular complexity index is 1130. The second-order valence-corrected chi connectivity index (χ2v) is 7.99. The maximum Gasteiger partial charge on any atom is 0.306 e. The van der Waals surface area contributed by atoms with Gasteiger partial charge in [0.05, 0.1) is 11.3 Å². The number of fused-ring (bicyclic) bond motifs is 1. The van der Waals surface area contributed by atoms with E-state index in [1.807, 2.05) is 48.0 Å². The first kappa shape index (κ1) is 18.5. The van der Waals surface area contributed by atoms with Gasteiger partial charge in [0.1, 0.15) is 0 Å². The smallest absolute Gasteiger partial charge is 0.306 e. The molecule has 0 N–H and O–H groups in total. The lowest BCUT2D eigenvalue weighted by Crippen LogP contribution is -2.14. The van der Waals surface area contributed by atoms with E-state index < -0.39 is 5.97 Å². The monoisotopic (exact) mass is 412 g/mol. The summed E-state index contributed by atoms with van der Waals surface area (Å²) in [6.07, 6.45) is 0.343. The first-order valence-corrected chi connectivity index (χ1v) is 10.4. The molecule has 4 rings (SSSR count). The molecule has 6 nitrogen and oxygen atoms in total. The first-order valence-electron chi connectivity index (χ1n) is 8.64. The van der Waals surface area contributed by atoms with Crippen LogP contribution >= 0.6 is 22.7 Å². The predicted octanol–water partition coefficient (Wildman–Crippen LogP) is 4.68. The van der Waals surface area contributed by atoms with E-state index >= 15 is 0 Å². The van der Waals surface area contributed by atoms with Crippen molar-refractivity contribution in [3.63, 3.8) is 0 Å². The molecule has 0 spiro atoms. The molecular weight excluding hydrogens is 396 g/mol. The maximum absolute atomic E-state index is 12.4. The lowest BCUT2D eigenvalue weighted by atomic mass is 10.1. The Kier molecular flexibility index (Phi) is 5.31. The Morgan fingerprint density at radius 1 is 1.21 bits per heavy atom. The van der Waals surface area contributed by atoms with Gasteiger partial charge in [0.2, 0.25) is 17.5 Å². The number of carbonyl (C=O) groups excluding carboxylic acids is 2. The number of aromatic nitrogens is 2. The molecule has 3 aromatic heterocycles. The number of rotatable bonds is 7. The third-order valence-corrected chi connectivity index (χ3v) is 6.25. The molecular formula is C20H16N2O4S2. The van der Waals surface area contributed by atoms with E-state index in [2.05, 4.69) is 10.1 Å². The Morgan fingerprint density at radius 2 is 2.07 bits per heavy atom. The van der Waals surface area contributed by atoms with Gasteiger partial charge in [-0.2, -0.15) is 16.3 Å². The largest absolute Gasteiger partial charge is 0.457 e. The molecule has 3 heterocycles. The van der Waals surface area contributed by atoms with Crippen molar-refractivity contribution in [2.24, 2.45) is 0 Å². The fourth-order valence-electron chi connectivity index (χ4n) is 2.80. The van der Waals surface area contributed by atoms with Crippen molar-refractivity contribution in [3.8, 4) is 11.4 Å². The molecule has 0 aliphatic heterocycles. The summed E-state index contributed by atoms with van der Waals surface area (Å²) in [5.74, 6) is 0.205. The second-order valence-electron chi connectivity index (χ2n) is 6.16. The summed E-state index contributed by atoms with van der Waals surface area (Å²) in [6.45, 7) is 1.64. The zero-order chi connectivity index (χ0) is 19.5. The molecule has 0 bridgehead atoms. The van der Waals surface area contributed by atoms with Crippen LogP contribution in [0.5, 0.6) is 0 Å². The highest BCUT2D eigenvalue weighted by molar-refractivity contribution is 7.21.